The molecule has 7 nitrogen and oxygen atoms in total. The van der Waals surface area contributed by atoms with Crippen LogP contribution in [0.15, 0.2) is 52.6 Å². The monoisotopic (exact) mass is 447 g/mol. The Morgan fingerprint density at radius 2 is 2.09 bits per heavy atom. The summed E-state index contributed by atoms with van der Waals surface area (Å²) in [5.41, 5.74) is 2.58. The van der Waals surface area contributed by atoms with Crippen molar-refractivity contribution in [2.75, 3.05) is 13.1 Å². The Morgan fingerprint density at radius 1 is 1.22 bits per heavy atom. The fraction of sp³-hybridized carbons (Fsp3) is 0.333. The van der Waals surface area contributed by atoms with Crippen molar-refractivity contribution in [3.8, 4) is 10.6 Å². The maximum atomic E-state index is 13.0. The van der Waals surface area contributed by atoms with Gasteiger partial charge in [0, 0.05) is 45.0 Å². The van der Waals surface area contributed by atoms with Crippen LogP contribution in [-0.4, -0.2) is 43.4 Å². The highest BCUT2D eigenvalue weighted by molar-refractivity contribution is 7.13. The predicted molar refractivity (Wildman–Crippen MR) is 126 cm³/mol. The molecule has 0 spiro atoms. The summed E-state index contributed by atoms with van der Waals surface area (Å²) in [4.78, 5) is 40.4. The highest BCUT2D eigenvalue weighted by Gasteiger charge is 2.27. The first-order valence-electron chi connectivity index (χ1n) is 10.9. The first-order chi connectivity index (χ1) is 15.6. The number of hydrogen-bond acceptors (Lipinski definition) is 5. The summed E-state index contributed by atoms with van der Waals surface area (Å²) in [7, 11) is 1.99. The summed E-state index contributed by atoms with van der Waals surface area (Å²) >= 11 is 1.56. The fourth-order valence-corrected chi connectivity index (χ4v) is 5.13. The number of piperidine rings is 1. The summed E-state index contributed by atoms with van der Waals surface area (Å²) in [6.45, 7) is 1.32. The number of likely N-dealkylation sites (tertiary alicyclic amines) is 1. The Bertz CT molecular complexity index is 1310. The molecule has 0 aliphatic carbocycles. The second-order valence-corrected chi connectivity index (χ2v) is 9.20. The topological polar surface area (TPSA) is 83.9 Å². The largest absolute Gasteiger partial charge is 0.342 e. The molecule has 1 amide bonds. The van der Waals surface area contributed by atoms with Crippen LogP contribution in [0.3, 0.4) is 0 Å². The van der Waals surface area contributed by atoms with Gasteiger partial charge in [0.05, 0.1) is 21.6 Å². The number of nitrogens with one attached hydrogen (secondary N) is 1. The van der Waals surface area contributed by atoms with E-state index in [2.05, 4.69) is 14.5 Å². The summed E-state index contributed by atoms with van der Waals surface area (Å²) < 4.78 is 2.06. The molecule has 32 heavy (non-hydrogen) atoms. The van der Waals surface area contributed by atoms with Crippen molar-refractivity contribution in [3.63, 3.8) is 0 Å². The van der Waals surface area contributed by atoms with E-state index >= 15 is 0 Å². The zero-order valence-corrected chi connectivity index (χ0v) is 18.8. The average molecular weight is 448 g/mol. The van der Waals surface area contributed by atoms with Gasteiger partial charge in [-0.05, 0) is 36.4 Å². The van der Waals surface area contributed by atoms with E-state index in [-0.39, 0.29) is 17.4 Å². The molecular weight excluding hydrogens is 422 g/mol. The molecule has 164 valence electrons. The summed E-state index contributed by atoms with van der Waals surface area (Å²) in [5.74, 6) is 1.76. The van der Waals surface area contributed by atoms with Gasteiger partial charge in [-0.2, -0.15) is 0 Å². The number of imidazole rings is 1. The van der Waals surface area contributed by atoms with Crippen molar-refractivity contribution in [3.05, 3.63) is 69.8 Å². The number of amides is 1. The van der Waals surface area contributed by atoms with Crippen LogP contribution >= 0.6 is 11.3 Å². The number of thiophene rings is 1. The number of fused-ring (bicyclic) bond motifs is 1. The van der Waals surface area contributed by atoms with Crippen LogP contribution < -0.4 is 5.56 Å². The number of benzene rings is 1. The SMILES string of the molecule is Cn1c(CCC(=O)N2CCCC(c3nc(-c4cccs4)cc(=O)[nH]3)C2)nc2ccccc21. The van der Waals surface area contributed by atoms with Gasteiger partial charge in [0.2, 0.25) is 5.91 Å². The molecule has 8 heteroatoms. The first kappa shape index (κ1) is 20.6. The number of hydrogen-bond donors (Lipinski definition) is 1. The van der Waals surface area contributed by atoms with Crippen molar-refractivity contribution >= 4 is 28.3 Å². The lowest BCUT2D eigenvalue weighted by Gasteiger charge is -2.32. The molecule has 1 N–H and O–H groups in total. The molecule has 0 radical (unpaired) electrons. The maximum absolute atomic E-state index is 13.0. The summed E-state index contributed by atoms with van der Waals surface area (Å²) in [6.07, 6.45) is 2.83. The van der Waals surface area contributed by atoms with Gasteiger partial charge < -0.3 is 14.5 Å². The molecule has 4 heterocycles. The average Bonchev–Trinajstić information content (AvgIpc) is 3.46. The molecule has 1 aromatic carbocycles. The van der Waals surface area contributed by atoms with Crippen LogP contribution in [0.25, 0.3) is 21.6 Å². The number of aryl methyl sites for hydroxylation is 2. The van der Waals surface area contributed by atoms with Crippen LogP contribution in [0.1, 0.15) is 36.8 Å². The van der Waals surface area contributed by atoms with Crippen molar-refractivity contribution in [2.24, 2.45) is 7.05 Å². The van der Waals surface area contributed by atoms with Crippen LogP contribution in [0.2, 0.25) is 0 Å². The Hall–Kier alpha value is -3.26. The number of rotatable bonds is 5. The number of H-pyrrole nitrogens is 1. The van der Waals surface area contributed by atoms with E-state index < -0.39 is 0 Å². The quantitative estimate of drug-likeness (QED) is 0.505. The fourth-order valence-electron chi connectivity index (χ4n) is 4.44. The predicted octanol–water partition coefficient (Wildman–Crippen LogP) is 3.72. The van der Waals surface area contributed by atoms with Crippen LogP contribution in [-0.2, 0) is 18.3 Å². The van der Waals surface area contributed by atoms with E-state index in [0.717, 1.165) is 41.1 Å². The number of para-hydroxylation sites is 2. The lowest BCUT2D eigenvalue weighted by atomic mass is 9.96. The van der Waals surface area contributed by atoms with Crippen molar-refractivity contribution in [1.29, 1.82) is 0 Å². The van der Waals surface area contributed by atoms with E-state index in [1.54, 1.807) is 11.3 Å². The van der Waals surface area contributed by atoms with E-state index in [1.807, 2.05) is 53.7 Å². The van der Waals surface area contributed by atoms with E-state index in [1.165, 1.54) is 6.07 Å². The molecule has 1 aliphatic rings. The normalized spacial score (nSPS) is 16.5. The molecule has 1 fully saturated rings. The van der Waals surface area contributed by atoms with Crippen molar-refractivity contribution < 1.29 is 4.79 Å². The van der Waals surface area contributed by atoms with Gasteiger partial charge >= 0.3 is 0 Å². The Labute approximate surface area is 189 Å². The van der Waals surface area contributed by atoms with Crippen LogP contribution in [0, 0.1) is 0 Å². The Morgan fingerprint density at radius 3 is 2.91 bits per heavy atom. The number of aromatic nitrogens is 4. The lowest BCUT2D eigenvalue weighted by molar-refractivity contribution is -0.132. The van der Waals surface area contributed by atoms with E-state index in [9.17, 15) is 9.59 Å². The first-order valence-corrected chi connectivity index (χ1v) is 11.8. The van der Waals surface area contributed by atoms with Gasteiger partial charge in [-0.15, -0.1) is 11.3 Å². The second kappa shape index (κ2) is 8.70. The standard InChI is InChI=1S/C24H25N5O2S/c1-28-19-8-3-2-7-17(19)25-21(28)10-11-23(31)29-12-4-6-16(15-29)24-26-18(14-22(30)27-24)20-9-5-13-32-20/h2-3,5,7-9,13-14,16H,4,6,10-12,15H2,1H3,(H,26,27,30). The highest BCUT2D eigenvalue weighted by Crippen LogP contribution is 2.27. The van der Waals surface area contributed by atoms with Gasteiger partial charge in [0.25, 0.3) is 5.56 Å². The molecule has 3 aromatic heterocycles. The van der Waals surface area contributed by atoms with Gasteiger partial charge in [0.1, 0.15) is 11.6 Å². The molecule has 1 unspecified atom stereocenters. The van der Waals surface area contributed by atoms with Crippen molar-refractivity contribution in [1.82, 2.24) is 24.4 Å². The molecular formula is C24H25N5O2S. The van der Waals surface area contributed by atoms with Gasteiger partial charge in [-0.25, -0.2) is 9.97 Å². The molecule has 0 saturated carbocycles. The maximum Gasteiger partial charge on any atom is 0.251 e. The molecule has 1 saturated heterocycles. The molecule has 0 bridgehead atoms. The minimum Gasteiger partial charge on any atom is -0.342 e. The third-order valence-corrected chi connectivity index (χ3v) is 7.03. The third-order valence-electron chi connectivity index (χ3n) is 6.14. The number of carbonyl (C=O) groups excluding carboxylic acids is 1. The molecule has 4 aromatic rings. The third kappa shape index (κ3) is 4.10. The Balaban J connectivity index is 1.28. The molecule has 1 atom stereocenters. The highest BCUT2D eigenvalue weighted by atomic mass is 32.1. The summed E-state index contributed by atoms with van der Waals surface area (Å²) in [5, 5.41) is 1.98. The van der Waals surface area contributed by atoms with Gasteiger partial charge in [-0.3, -0.25) is 9.59 Å². The Kier molecular flexibility index (Phi) is 5.61. The zero-order chi connectivity index (χ0) is 22.1. The van der Waals surface area contributed by atoms with Gasteiger partial charge in [0.15, 0.2) is 0 Å². The molecule has 1 aliphatic heterocycles. The van der Waals surface area contributed by atoms with Crippen LogP contribution in [0.5, 0.6) is 0 Å². The summed E-state index contributed by atoms with van der Waals surface area (Å²) in [6, 6.07) is 13.5. The van der Waals surface area contributed by atoms with E-state index in [4.69, 9.17) is 4.98 Å². The second-order valence-electron chi connectivity index (χ2n) is 8.25. The van der Waals surface area contributed by atoms with E-state index in [0.29, 0.717) is 30.9 Å². The minimum atomic E-state index is -0.149. The molecule has 5 rings (SSSR count). The smallest absolute Gasteiger partial charge is 0.251 e. The van der Waals surface area contributed by atoms with Crippen molar-refractivity contribution in [2.45, 2.75) is 31.6 Å². The minimum absolute atomic E-state index is 0.0380. The number of carbonyl (C=O) groups is 1. The lowest BCUT2D eigenvalue weighted by Crippen LogP contribution is -2.40. The van der Waals surface area contributed by atoms with Gasteiger partial charge in [-0.1, -0.05) is 18.2 Å². The number of aromatic amines is 1. The van der Waals surface area contributed by atoms with Crippen LogP contribution in [0.4, 0.5) is 0 Å². The number of nitrogens with zero attached hydrogens (tertiary/aromatic N) is 4. The zero-order valence-electron chi connectivity index (χ0n) is 18.0.